The van der Waals surface area contributed by atoms with Gasteiger partial charge in [0, 0.05) is 17.5 Å². The van der Waals surface area contributed by atoms with Gasteiger partial charge in [0.05, 0.1) is 16.6 Å². The lowest BCUT2D eigenvalue weighted by Gasteiger charge is -2.20. The minimum absolute atomic E-state index is 0.225. The second-order valence-electron chi connectivity index (χ2n) is 5.33. The van der Waals surface area contributed by atoms with Crippen LogP contribution >= 0.6 is 22.9 Å². The van der Waals surface area contributed by atoms with Crippen LogP contribution in [0.4, 0.5) is 0 Å². The highest BCUT2D eigenvalue weighted by atomic mass is 35.5. The summed E-state index contributed by atoms with van der Waals surface area (Å²) in [7, 11) is 0. The maximum absolute atomic E-state index is 12.8. The highest BCUT2D eigenvalue weighted by Crippen LogP contribution is 2.23. The monoisotopic (exact) mass is 373 g/mol. The summed E-state index contributed by atoms with van der Waals surface area (Å²) in [6.07, 6.45) is 0. The van der Waals surface area contributed by atoms with E-state index in [0.717, 1.165) is 4.88 Å². The molecule has 0 saturated carbocycles. The van der Waals surface area contributed by atoms with Crippen molar-refractivity contribution in [2.24, 2.45) is 0 Å². The van der Waals surface area contributed by atoms with Crippen molar-refractivity contribution in [1.29, 1.82) is 0 Å². The number of carbonyl (C=O) groups excluding carboxylic acids is 1. The van der Waals surface area contributed by atoms with Crippen LogP contribution in [-0.2, 0) is 6.54 Å². The van der Waals surface area contributed by atoms with Crippen LogP contribution in [0.3, 0.4) is 0 Å². The molecule has 0 aliphatic carbocycles. The van der Waals surface area contributed by atoms with Crippen molar-refractivity contribution in [3.63, 3.8) is 0 Å². The molecule has 0 radical (unpaired) electrons. The summed E-state index contributed by atoms with van der Waals surface area (Å²) in [5, 5.41) is 4.25. The lowest BCUT2D eigenvalue weighted by atomic mass is 10.3. The molecule has 5 nitrogen and oxygen atoms in total. The fourth-order valence-corrected chi connectivity index (χ4v) is 3.50. The van der Waals surface area contributed by atoms with E-state index >= 15 is 0 Å². The van der Waals surface area contributed by atoms with Gasteiger partial charge in [0.25, 0.3) is 11.5 Å². The van der Waals surface area contributed by atoms with Crippen molar-refractivity contribution < 1.29 is 4.79 Å². The number of rotatable bonds is 5. The van der Waals surface area contributed by atoms with Gasteiger partial charge in [-0.15, -0.1) is 11.3 Å². The van der Waals surface area contributed by atoms with Gasteiger partial charge in [0.2, 0.25) is 0 Å². The van der Waals surface area contributed by atoms with Crippen LogP contribution < -0.4 is 5.56 Å². The Hall–Kier alpha value is -2.44. The molecule has 1 aromatic carbocycles. The Bertz CT molecular complexity index is 937. The predicted octanol–water partition coefficient (Wildman–Crippen LogP) is 3.61. The van der Waals surface area contributed by atoms with E-state index < -0.39 is 0 Å². The smallest absolute Gasteiger partial charge is 0.274 e. The van der Waals surface area contributed by atoms with Crippen molar-refractivity contribution in [2.75, 3.05) is 6.54 Å². The second kappa shape index (κ2) is 7.63. The van der Waals surface area contributed by atoms with Gasteiger partial charge in [-0.2, -0.15) is 9.78 Å². The first-order valence-electron chi connectivity index (χ1n) is 7.78. The van der Waals surface area contributed by atoms with Crippen molar-refractivity contribution >= 4 is 28.8 Å². The third-order valence-electron chi connectivity index (χ3n) is 3.66. The molecular formula is C18H16ClN3O2S. The van der Waals surface area contributed by atoms with Crippen LogP contribution in [0.2, 0.25) is 4.34 Å². The molecule has 0 aliphatic heterocycles. The topological polar surface area (TPSA) is 55.2 Å². The Kier molecular flexibility index (Phi) is 5.31. The lowest BCUT2D eigenvalue weighted by Crippen LogP contribution is -2.33. The number of amides is 1. The number of thiophene rings is 1. The van der Waals surface area contributed by atoms with E-state index in [1.54, 1.807) is 17.0 Å². The Balaban J connectivity index is 1.89. The number of carbonyl (C=O) groups is 1. The number of hydrogen-bond donors (Lipinski definition) is 0. The zero-order valence-electron chi connectivity index (χ0n) is 13.6. The maximum Gasteiger partial charge on any atom is 0.274 e. The molecule has 2 heterocycles. The number of aromatic nitrogens is 2. The van der Waals surface area contributed by atoms with Gasteiger partial charge in [-0.05, 0) is 37.3 Å². The summed E-state index contributed by atoms with van der Waals surface area (Å²) in [5.74, 6) is -0.225. The van der Waals surface area contributed by atoms with Crippen molar-refractivity contribution in [1.82, 2.24) is 14.7 Å². The molecular weight excluding hydrogens is 358 g/mol. The molecule has 128 valence electrons. The molecule has 0 fully saturated rings. The fraction of sp³-hybridized carbons (Fsp3) is 0.167. The van der Waals surface area contributed by atoms with Crippen LogP contribution in [0.25, 0.3) is 5.69 Å². The number of para-hydroxylation sites is 1. The van der Waals surface area contributed by atoms with Crippen LogP contribution in [-0.4, -0.2) is 27.1 Å². The van der Waals surface area contributed by atoms with Crippen LogP contribution in [0, 0.1) is 0 Å². The molecule has 7 heteroatoms. The summed E-state index contributed by atoms with van der Waals surface area (Å²) in [6, 6.07) is 15.6. The van der Waals surface area contributed by atoms with E-state index in [1.807, 2.05) is 37.3 Å². The summed E-state index contributed by atoms with van der Waals surface area (Å²) in [4.78, 5) is 27.6. The van der Waals surface area contributed by atoms with Gasteiger partial charge in [-0.1, -0.05) is 29.8 Å². The molecule has 0 atom stereocenters. The minimum Gasteiger partial charge on any atom is -0.332 e. The normalized spacial score (nSPS) is 10.6. The van der Waals surface area contributed by atoms with Crippen molar-refractivity contribution in [3.8, 4) is 5.69 Å². The Morgan fingerprint density at radius 2 is 1.92 bits per heavy atom. The molecule has 2 aromatic heterocycles. The van der Waals surface area contributed by atoms with Crippen LogP contribution in [0.5, 0.6) is 0 Å². The number of hydrogen-bond acceptors (Lipinski definition) is 4. The zero-order valence-corrected chi connectivity index (χ0v) is 15.1. The minimum atomic E-state index is -0.282. The average Bonchev–Trinajstić information content (AvgIpc) is 3.05. The molecule has 25 heavy (non-hydrogen) atoms. The summed E-state index contributed by atoms with van der Waals surface area (Å²) >= 11 is 7.40. The van der Waals surface area contributed by atoms with Gasteiger partial charge >= 0.3 is 0 Å². The summed E-state index contributed by atoms with van der Waals surface area (Å²) in [6.45, 7) is 2.89. The Morgan fingerprint density at radius 3 is 2.56 bits per heavy atom. The molecule has 0 N–H and O–H groups in total. The van der Waals surface area contributed by atoms with Gasteiger partial charge < -0.3 is 4.90 Å². The second-order valence-corrected chi connectivity index (χ2v) is 7.13. The third-order valence-corrected chi connectivity index (χ3v) is 4.88. The number of nitrogens with zero attached hydrogens (tertiary/aromatic N) is 3. The standard InChI is InChI=1S/C18H16ClN3O2S/c1-2-21(12-14-8-10-16(19)25-14)18(24)15-9-11-17(23)22(20-15)13-6-4-3-5-7-13/h3-11H,2,12H2,1H3. The van der Waals surface area contributed by atoms with Crippen molar-refractivity contribution in [2.45, 2.75) is 13.5 Å². The van der Waals surface area contributed by atoms with E-state index in [0.29, 0.717) is 23.1 Å². The van der Waals surface area contributed by atoms with Gasteiger partial charge in [-0.3, -0.25) is 9.59 Å². The van der Waals surface area contributed by atoms with Gasteiger partial charge in [0.15, 0.2) is 0 Å². The number of halogens is 1. The molecule has 3 aromatic rings. The molecule has 0 saturated heterocycles. The first-order valence-corrected chi connectivity index (χ1v) is 8.97. The van der Waals surface area contributed by atoms with E-state index in [2.05, 4.69) is 5.10 Å². The predicted molar refractivity (Wildman–Crippen MR) is 99.6 cm³/mol. The molecule has 0 spiro atoms. The summed E-state index contributed by atoms with van der Waals surface area (Å²) in [5.41, 5.74) is 0.569. The third kappa shape index (κ3) is 3.97. The largest absolute Gasteiger partial charge is 0.332 e. The van der Waals surface area contributed by atoms with E-state index in [-0.39, 0.29) is 17.2 Å². The fourth-order valence-electron chi connectivity index (χ4n) is 2.39. The van der Waals surface area contributed by atoms with E-state index in [9.17, 15) is 9.59 Å². The molecule has 0 bridgehead atoms. The summed E-state index contributed by atoms with van der Waals surface area (Å²) < 4.78 is 1.93. The van der Waals surface area contributed by atoms with Crippen molar-refractivity contribution in [3.05, 3.63) is 79.9 Å². The van der Waals surface area contributed by atoms with Gasteiger partial charge in [0.1, 0.15) is 5.69 Å². The quantitative estimate of drug-likeness (QED) is 0.686. The average molecular weight is 374 g/mol. The zero-order chi connectivity index (χ0) is 17.8. The molecule has 3 rings (SSSR count). The Morgan fingerprint density at radius 1 is 1.16 bits per heavy atom. The molecule has 0 unspecified atom stereocenters. The first kappa shape index (κ1) is 17.4. The van der Waals surface area contributed by atoms with Crippen LogP contribution in [0.15, 0.2) is 59.4 Å². The maximum atomic E-state index is 12.8. The van der Waals surface area contributed by atoms with E-state index in [1.165, 1.54) is 28.2 Å². The SMILES string of the molecule is CCN(Cc1ccc(Cl)s1)C(=O)c1ccc(=O)n(-c2ccccc2)n1. The van der Waals surface area contributed by atoms with E-state index in [4.69, 9.17) is 11.6 Å². The molecule has 0 aliphatic rings. The number of benzene rings is 1. The Labute approximate surface area is 154 Å². The highest BCUT2D eigenvalue weighted by molar-refractivity contribution is 7.16. The highest BCUT2D eigenvalue weighted by Gasteiger charge is 2.18. The first-order chi connectivity index (χ1) is 12.1. The molecule has 1 amide bonds. The van der Waals surface area contributed by atoms with Crippen LogP contribution in [0.1, 0.15) is 22.3 Å². The van der Waals surface area contributed by atoms with Gasteiger partial charge in [-0.25, -0.2) is 0 Å². The lowest BCUT2D eigenvalue weighted by molar-refractivity contribution is 0.0746.